The fraction of sp³-hybridized carbons (Fsp3) is 0.600. The molecule has 0 heterocycles. The van der Waals surface area contributed by atoms with Crippen molar-refractivity contribution in [3.8, 4) is 0 Å². The van der Waals surface area contributed by atoms with Gasteiger partial charge in [0.25, 0.3) is 0 Å². The molecule has 0 bridgehead atoms. The lowest BCUT2D eigenvalue weighted by atomic mass is 10.1. The van der Waals surface area contributed by atoms with E-state index >= 15 is 0 Å². The van der Waals surface area contributed by atoms with Crippen molar-refractivity contribution in [1.82, 2.24) is 10.0 Å². The molecule has 1 atom stereocenters. The van der Waals surface area contributed by atoms with Gasteiger partial charge in [0.05, 0.1) is 4.90 Å². The topological polar surface area (TPSA) is 58.2 Å². The van der Waals surface area contributed by atoms with Crippen LogP contribution >= 0.6 is 0 Å². The highest BCUT2D eigenvalue weighted by atomic mass is 32.2. The van der Waals surface area contributed by atoms with Crippen LogP contribution in [0.4, 0.5) is 0 Å². The number of rotatable bonds is 7. The summed E-state index contributed by atoms with van der Waals surface area (Å²) in [6, 6.07) is 7.31. The molecule has 1 aromatic rings. The molecule has 2 N–H and O–H groups in total. The van der Waals surface area contributed by atoms with Crippen molar-refractivity contribution in [1.29, 1.82) is 0 Å². The summed E-state index contributed by atoms with van der Waals surface area (Å²) in [4.78, 5) is 0.351. The molecule has 20 heavy (non-hydrogen) atoms. The van der Waals surface area contributed by atoms with E-state index < -0.39 is 10.0 Å². The molecule has 5 heteroatoms. The first-order chi connectivity index (χ1) is 9.36. The van der Waals surface area contributed by atoms with Gasteiger partial charge >= 0.3 is 0 Å². The smallest absolute Gasteiger partial charge is 0.240 e. The van der Waals surface area contributed by atoms with Crippen LogP contribution < -0.4 is 10.0 Å². The van der Waals surface area contributed by atoms with Crippen molar-refractivity contribution in [3.63, 3.8) is 0 Å². The van der Waals surface area contributed by atoms with Crippen LogP contribution in [-0.4, -0.2) is 21.5 Å². The highest BCUT2D eigenvalue weighted by molar-refractivity contribution is 7.89. The van der Waals surface area contributed by atoms with Gasteiger partial charge in [0.2, 0.25) is 10.0 Å². The summed E-state index contributed by atoms with van der Waals surface area (Å²) in [5.41, 5.74) is 1.16. The van der Waals surface area contributed by atoms with Gasteiger partial charge in [0.1, 0.15) is 0 Å². The number of benzene rings is 1. The van der Waals surface area contributed by atoms with Gasteiger partial charge in [0.15, 0.2) is 0 Å². The molecule has 0 amide bonds. The second-order valence-corrected chi connectivity index (χ2v) is 7.75. The Labute approximate surface area is 122 Å². The van der Waals surface area contributed by atoms with Crippen LogP contribution in [0.3, 0.4) is 0 Å². The van der Waals surface area contributed by atoms with E-state index in [-0.39, 0.29) is 11.5 Å². The molecule has 1 aliphatic carbocycles. The molecule has 0 saturated heterocycles. The first kappa shape index (κ1) is 15.5. The van der Waals surface area contributed by atoms with Crippen molar-refractivity contribution in [2.45, 2.75) is 44.6 Å². The van der Waals surface area contributed by atoms with Gasteiger partial charge in [-0.25, -0.2) is 13.1 Å². The lowest BCUT2D eigenvalue weighted by Gasteiger charge is -2.15. The monoisotopic (exact) mass is 296 g/mol. The third-order valence-corrected chi connectivity index (χ3v) is 5.37. The molecule has 0 spiro atoms. The van der Waals surface area contributed by atoms with Crippen LogP contribution in [0.15, 0.2) is 29.2 Å². The maximum atomic E-state index is 12.3. The predicted molar refractivity (Wildman–Crippen MR) is 81.1 cm³/mol. The molecule has 112 valence electrons. The predicted octanol–water partition coefficient (Wildman–Crippen LogP) is 2.44. The summed E-state index contributed by atoms with van der Waals surface area (Å²) in [6.07, 6.45) is 2.21. The van der Waals surface area contributed by atoms with Gasteiger partial charge in [-0.1, -0.05) is 26.0 Å². The fourth-order valence-corrected chi connectivity index (χ4v) is 3.37. The lowest BCUT2D eigenvalue weighted by Crippen LogP contribution is -2.29. The minimum Gasteiger partial charge on any atom is -0.310 e. The average molecular weight is 296 g/mol. The molecule has 0 radical (unpaired) electrons. The summed E-state index contributed by atoms with van der Waals surface area (Å²) in [5.74, 6) is 0. The number of sulfonamides is 1. The Hall–Kier alpha value is -0.910. The Morgan fingerprint density at radius 1 is 1.35 bits per heavy atom. The molecule has 1 unspecified atom stereocenters. The number of hydrogen-bond donors (Lipinski definition) is 2. The molecule has 4 nitrogen and oxygen atoms in total. The van der Waals surface area contributed by atoms with Gasteiger partial charge in [-0.2, -0.15) is 0 Å². The van der Waals surface area contributed by atoms with E-state index in [4.69, 9.17) is 0 Å². The van der Waals surface area contributed by atoms with Crippen LogP contribution in [0.5, 0.6) is 0 Å². The second kappa shape index (κ2) is 5.84. The number of nitrogens with one attached hydrogen (secondary N) is 2. The van der Waals surface area contributed by atoms with Crippen molar-refractivity contribution in [2.24, 2.45) is 5.41 Å². The van der Waals surface area contributed by atoms with E-state index in [2.05, 4.69) is 17.0 Å². The van der Waals surface area contributed by atoms with E-state index in [0.29, 0.717) is 11.4 Å². The minimum absolute atomic E-state index is 0.149. The van der Waals surface area contributed by atoms with E-state index in [1.165, 1.54) is 0 Å². The zero-order chi connectivity index (χ0) is 14.8. The van der Waals surface area contributed by atoms with Gasteiger partial charge in [-0.15, -0.1) is 0 Å². The summed E-state index contributed by atoms with van der Waals surface area (Å²) < 4.78 is 27.3. The van der Waals surface area contributed by atoms with E-state index in [0.717, 1.165) is 24.9 Å². The molecule has 1 aromatic carbocycles. The van der Waals surface area contributed by atoms with Crippen molar-refractivity contribution in [2.75, 3.05) is 13.1 Å². The quantitative estimate of drug-likeness (QED) is 0.812. The third-order valence-electron chi connectivity index (χ3n) is 3.97. The second-order valence-electron chi connectivity index (χ2n) is 5.99. The van der Waals surface area contributed by atoms with E-state index in [1.54, 1.807) is 18.2 Å². The average Bonchev–Trinajstić information content (AvgIpc) is 3.16. The number of hydrogen-bond acceptors (Lipinski definition) is 3. The maximum absolute atomic E-state index is 12.3. The lowest BCUT2D eigenvalue weighted by molar-refractivity contribution is 0.530. The standard InChI is InChI=1S/C15H24N2O2S/c1-4-16-12(2)13-6-5-7-14(10-13)20(18,19)17-11-15(3)8-9-15/h5-7,10,12,16-17H,4,8-9,11H2,1-3H3. The molecule has 1 saturated carbocycles. The Bertz CT molecular complexity index is 565. The Balaban J connectivity index is 2.12. The Morgan fingerprint density at radius 2 is 2.05 bits per heavy atom. The van der Waals surface area contributed by atoms with Gasteiger partial charge in [0, 0.05) is 12.6 Å². The highest BCUT2D eigenvalue weighted by Gasteiger charge is 2.38. The van der Waals surface area contributed by atoms with Crippen LogP contribution in [0.2, 0.25) is 0 Å². The molecular weight excluding hydrogens is 272 g/mol. The maximum Gasteiger partial charge on any atom is 0.240 e. The summed E-state index contributed by atoms with van der Waals surface area (Å²) in [5, 5.41) is 3.29. The zero-order valence-electron chi connectivity index (χ0n) is 12.4. The summed E-state index contributed by atoms with van der Waals surface area (Å²) in [6.45, 7) is 7.57. The Kier molecular flexibility index (Phi) is 4.52. The molecule has 2 rings (SSSR count). The zero-order valence-corrected chi connectivity index (χ0v) is 13.3. The van der Waals surface area contributed by atoms with E-state index in [9.17, 15) is 8.42 Å². The van der Waals surface area contributed by atoms with Crippen molar-refractivity contribution < 1.29 is 8.42 Å². The van der Waals surface area contributed by atoms with Crippen LogP contribution in [0.1, 0.15) is 45.2 Å². The van der Waals surface area contributed by atoms with Gasteiger partial charge in [-0.05, 0) is 49.4 Å². The van der Waals surface area contributed by atoms with Crippen molar-refractivity contribution >= 4 is 10.0 Å². The van der Waals surface area contributed by atoms with Crippen LogP contribution in [-0.2, 0) is 10.0 Å². The molecule has 1 aliphatic rings. The third kappa shape index (κ3) is 3.81. The molecule has 0 aliphatic heterocycles. The van der Waals surface area contributed by atoms with Crippen molar-refractivity contribution in [3.05, 3.63) is 29.8 Å². The summed E-state index contributed by atoms with van der Waals surface area (Å²) >= 11 is 0. The largest absolute Gasteiger partial charge is 0.310 e. The first-order valence-corrected chi connectivity index (χ1v) is 8.68. The first-order valence-electron chi connectivity index (χ1n) is 7.19. The van der Waals surface area contributed by atoms with E-state index in [1.807, 2.05) is 19.9 Å². The van der Waals surface area contributed by atoms with Crippen LogP contribution in [0.25, 0.3) is 0 Å². The van der Waals surface area contributed by atoms with Crippen LogP contribution in [0, 0.1) is 5.41 Å². The van der Waals surface area contributed by atoms with Gasteiger partial charge in [-0.3, -0.25) is 0 Å². The van der Waals surface area contributed by atoms with Gasteiger partial charge < -0.3 is 5.32 Å². The minimum atomic E-state index is -3.40. The Morgan fingerprint density at radius 3 is 2.65 bits per heavy atom. The fourth-order valence-electron chi connectivity index (χ4n) is 2.12. The SMILES string of the molecule is CCNC(C)c1cccc(S(=O)(=O)NCC2(C)CC2)c1. The summed E-state index contributed by atoms with van der Waals surface area (Å²) in [7, 11) is -3.40. The highest BCUT2D eigenvalue weighted by Crippen LogP contribution is 2.44. The molecule has 0 aromatic heterocycles. The molecule has 1 fully saturated rings. The molecular formula is C15H24N2O2S. The normalized spacial score (nSPS) is 18.8.